The van der Waals surface area contributed by atoms with Crippen LogP contribution in [0.15, 0.2) is 39.9 Å². The number of nitrogens with zero attached hydrogens (tertiary/aromatic N) is 1. The Morgan fingerprint density at radius 3 is 2.67 bits per heavy atom. The summed E-state index contributed by atoms with van der Waals surface area (Å²) in [5.41, 5.74) is 2.28. The number of aromatic nitrogens is 2. The standard InChI is InChI=1S/C16H16N2O3/c19-9-8-18-14-12(10-11-4-2-1-3-5-11)6-7-13(14)15(20)16(21)17-18/h1-5,10,19H,6-9H2,(H,17,21). The number of aliphatic hydroxyl groups excluding tert-OH is 1. The maximum atomic E-state index is 12.0. The zero-order chi connectivity index (χ0) is 14.8. The summed E-state index contributed by atoms with van der Waals surface area (Å²) in [7, 11) is 0. The van der Waals surface area contributed by atoms with E-state index in [-0.39, 0.29) is 13.2 Å². The lowest BCUT2D eigenvalue weighted by Gasteiger charge is -2.12. The molecule has 1 aliphatic rings. The van der Waals surface area contributed by atoms with Crippen LogP contribution in [0.1, 0.15) is 23.2 Å². The fourth-order valence-electron chi connectivity index (χ4n) is 2.77. The summed E-state index contributed by atoms with van der Waals surface area (Å²) in [6, 6.07) is 9.84. The Kier molecular flexibility index (Phi) is 3.58. The highest BCUT2D eigenvalue weighted by atomic mass is 16.3. The smallest absolute Gasteiger partial charge is 0.310 e. The molecule has 5 nitrogen and oxygen atoms in total. The molecule has 1 aliphatic carbocycles. The lowest BCUT2D eigenvalue weighted by molar-refractivity contribution is 0.267. The molecule has 0 unspecified atom stereocenters. The van der Waals surface area contributed by atoms with E-state index in [4.69, 9.17) is 5.11 Å². The van der Waals surface area contributed by atoms with E-state index in [2.05, 4.69) is 5.10 Å². The van der Waals surface area contributed by atoms with Crippen molar-refractivity contribution >= 4 is 11.6 Å². The van der Waals surface area contributed by atoms with Gasteiger partial charge in [0.1, 0.15) is 0 Å². The predicted molar refractivity (Wildman–Crippen MR) is 81.0 cm³/mol. The number of hydrogen-bond acceptors (Lipinski definition) is 3. The van der Waals surface area contributed by atoms with Crippen molar-refractivity contribution in [1.82, 2.24) is 9.78 Å². The summed E-state index contributed by atoms with van der Waals surface area (Å²) in [4.78, 5) is 23.6. The number of H-pyrrole nitrogens is 1. The van der Waals surface area contributed by atoms with Gasteiger partial charge in [-0.2, -0.15) is 0 Å². The zero-order valence-electron chi connectivity index (χ0n) is 11.5. The van der Waals surface area contributed by atoms with Gasteiger partial charge in [-0.1, -0.05) is 30.3 Å². The van der Waals surface area contributed by atoms with Gasteiger partial charge in [-0.15, -0.1) is 0 Å². The molecule has 0 spiro atoms. The Morgan fingerprint density at radius 1 is 1.19 bits per heavy atom. The van der Waals surface area contributed by atoms with Crippen molar-refractivity contribution in [2.75, 3.05) is 6.61 Å². The predicted octanol–water partition coefficient (Wildman–Crippen LogP) is 1.02. The first-order valence-corrected chi connectivity index (χ1v) is 6.93. The average molecular weight is 284 g/mol. The first-order valence-electron chi connectivity index (χ1n) is 6.93. The molecular formula is C16H16N2O3. The molecule has 0 radical (unpaired) electrons. The molecule has 0 saturated heterocycles. The molecule has 1 heterocycles. The molecule has 108 valence electrons. The Hall–Kier alpha value is -2.40. The van der Waals surface area contributed by atoms with Gasteiger partial charge in [0, 0.05) is 5.56 Å². The Bertz CT molecular complexity index is 801. The minimum absolute atomic E-state index is 0.0934. The first-order chi connectivity index (χ1) is 10.2. The minimum atomic E-state index is -0.622. The van der Waals surface area contributed by atoms with Gasteiger partial charge in [0.05, 0.1) is 18.8 Å². The summed E-state index contributed by atoms with van der Waals surface area (Å²) in [5, 5.41) is 11.7. The molecule has 3 rings (SSSR count). The Balaban J connectivity index is 2.17. The number of benzene rings is 1. The van der Waals surface area contributed by atoms with E-state index in [1.165, 1.54) is 0 Å². The molecule has 5 heteroatoms. The van der Waals surface area contributed by atoms with Crippen LogP contribution in [-0.2, 0) is 13.0 Å². The number of nitrogens with one attached hydrogen (secondary N) is 1. The second-order valence-electron chi connectivity index (χ2n) is 5.05. The van der Waals surface area contributed by atoms with Crippen LogP contribution in [0.5, 0.6) is 0 Å². The highest BCUT2D eigenvalue weighted by Gasteiger charge is 2.24. The summed E-state index contributed by atoms with van der Waals surface area (Å²) < 4.78 is 1.58. The van der Waals surface area contributed by atoms with Crippen molar-refractivity contribution in [1.29, 1.82) is 0 Å². The molecule has 0 bridgehead atoms. The van der Waals surface area contributed by atoms with E-state index in [0.717, 1.165) is 23.3 Å². The lowest BCUT2D eigenvalue weighted by Crippen LogP contribution is -2.35. The molecule has 2 aromatic rings. The van der Waals surface area contributed by atoms with Crippen LogP contribution in [-0.4, -0.2) is 21.5 Å². The van der Waals surface area contributed by atoms with Crippen LogP contribution in [0.4, 0.5) is 0 Å². The molecule has 1 aromatic carbocycles. The molecule has 21 heavy (non-hydrogen) atoms. The maximum Gasteiger partial charge on any atom is 0.310 e. The topological polar surface area (TPSA) is 75.1 Å². The van der Waals surface area contributed by atoms with Crippen LogP contribution in [0, 0.1) is 0 Å². The minimum Gasteiger partial charge on any atom is -0.394 e. The Morgan fingerprint density at radius 2 is 1.95 bits per heavy atom. The number of fused-ring (bicyclic) bond motifs is 1. The Labute approximate surface area is 121 Å². The monoisotopic (exact) mass is 284 g/mol. The van der Waals surface area contributed by atoms with Crippen LogP contribution in [0.2, 0.25) is 0 Å². The van der Waals surface area contributed by atoms with Gasteiger partial charge >= 0.3 is 5.56 Å². The maximum absolute atomic E-state index is 12.0. The number of hydrogen-bond donors (Lipinski definition) is 2. The molecule has 0 fully saturated rings. The van der Waals surface area contributed by atoms with Gasteiger partial charge in [0.2, 0.25) is 5.43 Å². The highest BCUT2D eigenvalue weighted by molar-refractivity contribution is 5.83. The van der Waals surface area contributed by atoms with Gasteiger partial charge in [0.25, 0.3) is 0 Å². The van der Waals surface area contributed by atoms with E-state index in [9.17, 15) is 9.59 Å². The van der Waals surface area contributed by atoms with Gasteiger partial charge in [-0.3, -0.25) is 19.4 Å². The molecule has 1 aromatic heterocycles. The van der Waals surface area contributed by atoms with E-state index in [1.54, 1.807) is 4.68 Å². The zero-order valence-corrected chi connectivity index (χ0v) is 11.5. The van der Waals surface area contributed by atoms with E-state index in [1.807, 2.05) is 36.4 Å². The molecule has 0 saturated carbocycles. The average Bonchev–Trinajstić information content (AvgIpc) is 2.90. The number of aromatic amines is 1. The quantitative estimate of drug-likeness (QED) is 0.826. The normalized spacial score (nSPS) is 15.4. The lowest BCUT2D eigenvalue weighted by atomic mass is 10.1. The molecule has 2 N–H and O–H groups in total. The van der Waals surface area contributed by atoms with Crippen LogP contribution < -0.4 is 11.0 Å². The van der Waals surface area contributed by atoms with Crippen molar-refractivity contribution < 1.29 is 5.11 Å². The summed E-state index contributed by atoms with van der Waals surface area (Å²) >= 11 is 0. The summed E-state index contributed by atoms with van der Waals surface area (Å²) in [6.45, 7) is 0.174. The number of allylic oxidation sites excluding steroid dienone is 1. The van der Waals surface area contributed by atoms with Gasteiger partial charge in [0.15, 0.2) is 0 Å². The molecular weight excluding hydrogens is 268 g/mol. The summed E-state index contributed by atoms with van der Waals surface area (Å²) in [6.07, 6.45) is 3.32. The van der Waals surface area contributed by atoms with Crippen molar-refractivity contribution in [2.45, 2.75) is 19.4 Å². The first kappa shape index (κ1) is 13.6. The van der Waals surface area contributed by atoms with Crippen molar-refractivity contribution in [3.05, 3.63) is 67.7 Å². The van der Waals surface area contributed by atoms with E-state index < -0.39 is 11.0 Å². The third-order valence-electron chi connectivity index (χ3n) is 3.69. The number of rotatable bonds is 3. The molecule has 0 aliphatic heterocycles. The van der Waals surface area contributed by atoms with Gasteiger partial charge in [-0.05, 0) is 30.1 Å². The molecule has 0 atom stereocenters. The van der Waals surface area contributed by atoms with Crippen molar-refractivity contribution in [2.24, 2.45) is 0 Å². The van der Waals surface area contributed by atoms with Gasteiger partial charge < -0.3 is 5.11 Å². The fourth-order valence-corrected chi connectivity index (χ4v) is 2.77. The largest absolute Gasteiger partial charge is 0.394 e. The van der Waals surface area contributed by atoms with Crippen LogP contribution >= 0.6 is 0 Å². The van der Waals surface area contributed by atoms with Crippen molar-refractivity contribution in [3.8, 4) is 0 Å². The SMILES string of the molecule is O=c1[nH]n(CCO)c2c(c1=O)CCC2=Cc1ccccc1. The highest BCUT2D eigenvalue weighted by Crippen LogP contribution is 2.30. The van der Waals surface area contributed by atoms with Gasteiger partial charge in [-0.25, -0.2) is 0 Å². The fraction of sp³-hybridized carbons (Fsp3) is 0.250. The van der Waals surface area contributed by atoms with E-state index in [0.29, 0.717) is 12.0 Å². The van der Waals surface area contributed by atoms with Crippen LogP contribution in [0.3, 0.4) is 0 Å². The summed E-state index contributed by atoms with van der Waals surface area (Å²) in [5.74, 6) is 0. The van der Waals surface area contributed by atoms with Crippen molar-refractivity contribution in [3.63, 3.8) is 0 Å². The second-order valence-corrected chi connectivity index (χ2v) is 5.05. The molecule has 0 amide bonds. The van der Waals surface area contributed by atoms with Crippen LogP contribution in [0.25, 0.3) is 11.6 Å². The van der Waals surface area contributed by atoms with E-state index >= 15 is 0 Å². The third kappa shape index (κ3) is 2.48. The second kappa shape index (κ2) is 5.54. The third-order valence-corrected chi connectivity index (χ3v) is 3.69. The number of aliphatic hydroxyl groups is 1.